The van der Waals surface area contributed by atoms with Crippen molar-refractivity contribution in [3.63, 3.8) is 0 Å². The lowest BCUT2D eigenvalue weighted by atomic mass is 9.83. The minimum absolute atomic E-state index is 0.0942. The van der Waals surface area contributed by atoms with Crippen molar-refractivity contribution in [1.82, 2.24) is 0 Å². The number of ketones is 1. The summed E-state index contributed by atoms with van der Waals surface area (Å²) in [6.07, 6.45) is 6.54. The van der Waals surface area contributed by atoms with Crippen LogP contribution in [0.1, 0.15) is 58.8 Å². The monoisotopic (exact) mass is 241 g/mol. The van der Waals surface area contributed by atoms with Gasteiger partial charge in [0.2, 0.25) is 0 Å². The minimum Gasteiger partial charge on any atom is -0.384 e. The Morgan fingerprint density at radius 2 is 1.88 bits per heavy atom. The molecular weight excluding hydrogens is 214 g/mol. The number of aliphatic hydroxyl groups is 1. The average Bonchev–Trinajstić information content (AvgIpc) is 2.28. The van der Waals surface area contributed by atoms with Gasteiger partial charge in [0.25, 0.3) is 0 Å². The number of nitrogens with two attached hydrogens (primary N) is 1. The number of Topliss-reactive ketones (excluding diaryl/α,β-unsaturated/α-hetero) is 1. The standard InChI is InChI=1S/C14H27NO2/c1-10(2)8-13(16)14(17)12(15)9-11-6-4-3-5-7-11/h10-12,14,17H,3-9,15H2,1-2H3/t12?,14-/m1/s1. The van der Waals surface area contributed by atoms with Gasteiger partial charge in [-0.05, 0) is 18.3 Å². The van der Waals surface area contributed by atoms with Crippen LogP contribution in [0.3, 0.4) is 0 Å². The first kappa shape index (κ1) is 14.7. The van der Waals surface area contributed by atoms with Crippen LogP contribution < -0.4 is 5.73 Å². The second-order valence-corrected chi connectivity index (χ2v) is 5.91. The number of rotatable bonds is 6. The molecule has 1 rings (SSSR count). The minimum atomic E-state index is -0.959. The van der Waals surface area contributed by atoms with E-state index in [9.17, 15) is 9.90 Å². The first-order chi connectivity index (χ1) is 8.00. The number of carbonyl (C=O) groups is 1. The first-order valence-electron chi connectivity index (χ1n) is 6.97. The summed E-state index contributed by atoms with van der Waals surface area (Å²) in [5, 5.41) is 9.89. The Balaban J connectivity index is 2.34. The Kier molecular flexibility index (Phi) is 6.14. The maximum Gasteiger partial charge on any atom is 0.163 e. The molecule has 0 bridgehead atoms. The van der Waals surface area contributed by atoms with Crippen molar-refractivity contribution in [1.29, 1.82) is 0 Å². The van der Waals surface area contributed by atoms with Crippen LogP contribution in [0.5, 0.6) is 0 Å². The van der Waals surface area contributed by atoms with Crippen molar-refractivity contribution in [2.45, 2.75) is 70.9 Å². The van der Waals surface area contributed by atoms with Crippen LogP contribution in [0.15, 0.2) is 0 Å². The SMILES string of the molecule is CC(C)CC(=O)[C@H](O)C(N)CC1CCCCC1. The fraction of sp³-hybridized carbons (Fsp3) is 0.929. The molecule has 1 fully saturated rings. The van der Waals surface area contributed by atoms with E-state index in [0.29, 0.717) is 18.3 Å². The summed E-state index contributed by atoms with van der Waals surface area (Å²) in [7, 11) is 0. The fourth-order valence-electron chi connectivity index (χ4n) is 2.70. The normalized spacial score (nSPS) is 21.5. The van der Waals surface area contributed by atoms with Gasteiger partial charge in [-0.25, -0.2) is 0 Å². The van der Waals surface area contributed by atoms with E-state index in [-0.39, 0.29) is 11.8 Å². The molecule has 0 aromatic rings. The molecule has 3 heteroatoms. The third-order valence-electron chi connectivity index (χ3n) is 3.68. The predicted octanol–water partition coefficient (Wildman–Crippen LogP) is 2.26. The largest absolute Gasteiger partial charge is 0.384 e. The fourth-order valence-corrected chi connectivity index (χ4v) is 2.70. The molecule has 0 spiro atoms. The third-order valence-corrected chi connectivity index (χ3v) is 3.68. The van der Waals surface area contributed by atoms with Crippen LogP contribution in [-0.4, -0.2) is 23.0 Å². The van der Waals surface area contributed by atoms with Crippen LogP contribution in [0.25, 0.3) is 0 Å². The lowest BCUT2D eigenvalue weighted by molar-refractivity contribution is -0.129. The van der Waals surface area contributed by atoms with Gasteiger partial charge in [0.1, 0.15) is 6.10 Å². The van der Waals surface area contributed by atoms with Gasteiger partial charge in [0.05, 0.1) is 0 Å². The quantitative estimate of drug-likeness (QED) is 0.749. The molecule has 2 atom stereocenters. The zero-order valence-corrected chi connectivity index (χ0v) is 11.2. The summed E-state index contributed by atoms with van der Waals surface area (Å²) in [4.78, 5) is 11.7. The summed E-state index contributed by atoms with van der Waals surface area (Å²) in [6.45, 7) is 3.97. The third kappa shape index (κ3) is 5.17. The topological polar surface area (TPSA) is 63.3 Å². The highest BCUT2D eigenvalue weighted by Gasteiger charge is 2.26. The molecule has 0 aromatic carbocycles. The second kappa shape index (κ2) is 7.12. The lowest BCUT2D eigenvalue weighted by Crippen LogP contribution is -2.42. The van der Waals surface area contributed by atoms with E-state index in [2.05, 4.69) is 0 Å². The highest BCUT2D eigenvalue weighted by atomic mass is 16.3. The van der Waals surface area contributed by atoms with Crippen LogP contribution >= 0.6 is 0 Å². The van der Waals surface area contributed by atoms with Gasteiger partial charge in [0, 0.05) is 12.5 Å². The van der Waals surface area contributed by atoms with Crippen molar-refractivity contribution in [2.24, 2.45) is 17.6 Å². The molecule has 0 radical (unpaired) electrons. The molecule has 100 valence electrons. The van der Waals surface area contributed by atoms with Gasteiger partial charge in [-0.15, -0.1) is 0 Å². The van der Waals surface area contributed by atoms with Crippen molar-refractivity contribution in [3.05, 3.63) is 0 Å². The summed E-state index contributed by atoms with van der Waals surface area (Å²) >= 11 is 0. The van der Waals surface area contributed by atoms with E-state index in [4.69, 9.17) is 5.73 Å². The van der Waals surface area contributed by atoms with E-state index in [1.54, 1.807) is 0 Å². The van der Waals surface area contributed by atoms with Gasteiger partial charge in [-0.2, -0.15) is 0 Å². The van der Waals surface area contributed by atoms with Crippen LogP contribution in [0.4, 0.5) is 0 Å². The van der Waals surface area contributed by atoms with E-state index in [1.807, 2.05) is 13.8 Å². The van der Waals surface area contributed by atoms with Crippen LogP contribution in [-0.2, 0) is 4.79 Å². The van der Waals surface area contributed by atoms with Crippen LogP contribution in [0.2, 0.25) is 0 Å². The molecule has 0 amide bonds. The van der Waals surface area contributed by atoms with E-state index < -0.39 is 6.10 Å². The molecule has 1 saturated carbocycles. The molecule has 3 nitrogen and oxygen atoms in total. The van der Waals surface area contributed by atoms with Crippen molar-refractivity contribution in [3.8, 4) is 0 Å². The zero-order chi connectivity index (χ0) is 12.8. The average molecular weight is 241 g/mol. The Morgan fingerprint density at radius 3 is 2.41 bits per heavy atom. The summed E-state index contributed by atoms with van der Waals surface area (Å²) in [6, 6.07) is -0.371. The molecular formula is C14H27NO2. The van der Waals surface area contributed by atoms with Gasteiger partial charge in [-0.3, -0.25) is 4.79 Å². The van der Waals surface area contributed by atoms with E-state index in [1.165, 1.54) is 32.1 Å². The number of carbonyl (C=O) groups excluding carboxylic acids is 1. The summed E-state index contributed by atoms with van der Waals surface area (Å²) in [5.41, 5.74) is 5.95. The van der Waals surface area contributed by atoms with Crippen LogP contribution in [0, 0.1) is 11.8 Å². The Hall–Kier alpha value is -0.410. The predicted molar refractivity (Wildman–Crippen MR) is 69.6 cm³/mol. The highest BCUT2D eigenvalue weighted by molar-refractivity contribution is 5.83. The number of hydrogen-bond acceptors (Lipinski definition) is 3. The molecule has 1 aliphatic carbocycles. The highest BCUT2D eigenvalue weighted by Crippen LogP contribution is 2.27. The smallest absolute Gasteiger partial charge is 0.163 e. The number of hydrogen-bond donors (Lipinski definition) is 2. The Bertz CT molecular complexity index is 234. The first-order valence-corrected chi connectivity index (χ1v) is 6.97. The van der Waals surface area contributed by atoms with E-state index in [0.717, 1.165) is 6.42 Å². The molecule has 1 unspecified atom stereocenters. The number of aliphatic hydroxyl groups excluding tert-OH is 1. The van der Waals surface area contributed by atoms with E-state index >= 15 is 0 Å². The molecule has 0 aliphatic heterocycles. The molecule has 3 N–H and O–H groups in total. The van der Waals surface area contributed by atoms with Gasteiger partial charge in [0.15, 0.2) is 5.78 Å². The van der Waals surface area contributed by atoms with Gasteiger partial charge >= 0.3 is 0 Å². The molecule has 0 saturated heterocycles. The molecule has 0 aromatic heterocycles. The molecule has 17 heavy (non-hydrogen) atoms. The van der Waals surface area contributed by atoms with Crippen molar-refractivity contribution in [2.75, 3.05) is 0 Å². The zero-order valence-electron chi connectivity index (χ0n) is 11.2. The molecule has 0 heterocycles. The van der Waals surface area contributed by atoms with Crippen molar-refractivity contribution < 1.29 is 9.90 Å². The molecule has 1 aliphatic rings. The Labute approximate surface area is 105 Å². The summed E-state index contributed by atoms with van der Waals surface area (Å²) in [5.74, 6) is 0.808. The van der Waals surface area contributed by atoms with Gasteiger partial charge in [-0.1, -0.05) is 46.0 Å². The van der Waals surface area contributed by atoms with Crippen molar-refractivity contribution >= 4 is 5.78 Å². The second-order valence-electron chi connectivity index (χ2n) is 5.91. The van der Waals surface area contributed by atoms with Gasteiger partial charge < -0.3 is 10.8 Å². The lowest BCUT2D eigenvalue weighted by Gasteiger charge is -2.26. The summed E-state index contributed by atoms with van der Waals surface area (Å²) < 4.78 is 0. The Morgan fingerprint density at radius 1 is 1.29 bits per heavy atom. The maximum atomic E-state index is 11.7. The maximum absolute atomic E-state index is 11.7.